The van der Waals surface area contributed by atoms with Crippen molar-refractivity contribution in [3.05, 3.63) is 35.4 Å². The van der Waals surface area contributed by atoms with Gasteiger partial charge in [0.05, 0.1) is 11.7 Å². The van der Waals surface area contributed by atoms with Gasteiger partial charge in [0, 0.05) is 59.1 Å². The molecule has 2 N–H and O–H groups in total. The van der Waals surface area contributed by atoms with Gasteiger partial charge in [-0.3, -0.25) is 9.79 Å². The standard InChI is InChI=1S/C21H31F3N4O3.HI/c1-25-20(28-12-8-18(9-13-28)31-15-3-14-30-2)27-11-10-26-19(29)16-4-6-17(7-5-16)21(22,23)24;/h4-7,18H,3,8-15H2,1-2H3,(H,25,27)(H,26,29);1H. The zero-order chi connectivity index (χ0) is 22.7. The highest BCUT2D eigenvalue weighted by Gasteiger charge is 2.30. The van der Waals surface area contributed by atoms with Gasteiger partial charge in [-0.2, -0.15) is 13.2 Å². The van der Waals surface area contributed by atoms with Gasteiger partial charge < -0.3 is 25.0 Å². The fourth-order valence-electron chi connectivity index (χ4n) is 3.28. The molecule has 0 unspecified atom stereocenters. The summed E-state index contributed by atoms with van der Waals surface area (Å²) in [6.45, 7) is 3.82. The lowest BCUT2D eigenvalue weighted by Gasteiger charge is -2.34. The van der Waals surface area contributed by atoms with Crippen LogP contribution in [0, 0.1) is 0 Å². The summed E-state index contributed by atoms with van der Waals surface area (Å²) in [5.74, 6) is 0.332. The number of ether oxygens (including phenoxy) is 2. The maximum Gasteiger partial charge on any atom is 0.416 e. The lowest BCUT2D eigenvalue weighted by molar-refractivity contribution is -0.137. The molecular formula is C21H32F3IN4O3. The Morgan fingerprint density at radius 1 is 1.12 bits per heavy atom. The van der Waals surface area contributed by atoms with Crippen molar-refractivity contribution >= 4 is 35.8 Å². The van der Waals surface area contributed by atoms with E-state index in [0.29, 0.717) is 26.3 Å². The lowest BCUT2D eigenvalue weighted by atomic mass is 10.1. The molecule has 1 saturated heterocycles. The molecule has 1 aromatic rings. The number of piperidine rings is 1. The molecule has 0 spiro atoms. The molecule has 1 aliphatic heterocycles. The predicted octanol–water partition coefficient (Wildman–Crippen LogP) is 3.15. The van der Waals surface area contributed by atoms with Crippen LogP contribution in [0.25, 0.3) is 0 Å². The van der Waals surface area contributed by atoms with Crippen LogP contribution in [0.2, 0.25) is 0 Å². The second-order valence-corrected chi connectivity index (χ2v) is 7.21. The van der Waals surface area contributed by atoms with Crippen molar-refractivity contribution in [3.63, 3.8) is 0 Å². The van der Waals surface area contributed by atoms with Crippen LogP contribution < -0.4 is 10.6 Å². The van der Waals surface area contributed by atoms with Crippen molar-refractivity contribution in [3.8, 4) is 0 Å². The smallest absolute Gasteiger partial charge is 0.385 e. The number of carbonyl (C=O) groups is 1. The van der Waals surface area contributed by atoms with E-state index in [0.717, 1.165) is 50.4 Å². The summed E-state index contributed by atoms with van der Waals surface area (Å²) in [7, 11) is 3.38. The van der Waals surface area contributed by atoms with Gasteiger partial charge in [-0.15, -0.1) is 24.0 Å². The minimum Gasteiger partial charge on any atom is -0.385 e. The summed E-state index contributed by atoms with van der Waals surface area (Å²) in [5.41, 5.74) is -0.594. The Kier molecular flexibility index (Phi) is 12.9. The largest absolute Gasteiger partial charge is 0.416 e. The van der Waals surface area contributed by atoms with E-state index in [2.05, 4.69) is 20.5 Å². The summed E-state index contributed by atoms with van der Waals surface area (Å²) >= 11 is 0. The van der Waals surface area contributed by atoms with Gasteiger partial charge >= 0.3 is 6.18 Å². The highest BCUT2D eigenvalue weighted by molar-refractivity contribution is 14.0. The molecule has 1 heterocycles. The van der Waals surface area contributed by atoms with E-state index in [1.807, 2.05) is 0 Å². The molecular weight excluding hydrogens is 540 g/mol. The van der Waals surface area contributed by atoms with Crippen LogP contribution in [0.4, 0.5) is 13.2 Å². The SMILES string of the molecule is CN=C(NCCNC(=O)c1ccc(C(F)(F)F)cc1)N1CCC(OCCCOC)CC1.I. The van der Waals surface area contributed by atoms with E-state index in [4.69, 9.17) is 9.47 Å². The van der Waals surface area contributed by atoms with E-state index in [-0.39, 0.29) is 35.6 Å². The third-order valence-corrected chi connectivity index (χ3v) is 4.97. The molecule has 7 nitrogen and oxygen atoms in total. The Balaban J connectivity index is 0.00000512. The lowest BCUT2D eigenvalue weighted by Crippen LogP contribution is -2.48. The van der Waals surface area contributed by atoms with Gasteiger partial charge in [0.2, 0.25) is 0 Å². The zero-order valence-electron chi connectivity index (χ0n) is 18.4. The number of hydrogen-bond acceptors (Lipinski definition) is 4. The van der Waals surface area contributed by atoms with E-state index in [9.17, 15) is 18.0 Å². The first-order chi connectivity index (χ1) is 14.8. The molecule has 0 radical (unpaired) electrons. The van der Waals surface area contributed by atoms with E-state index in [1.54, 1.807) is 14.2 Å². The van der Waals surface area contributed by atoms with Crippen molar-refractivity contribution in [1.29, 1.82) is 0 Å². The fraction of sp³-hybridized carbons (Fsp3) is 0.619. The summed E-state index contributed by atoms with van der Waals surface area (Å²) in [6, 6.07) is 4.15. The number of hydrogen-bond donors (Lipinski definition) is 2. The van der Waals surface area contributed by atoms with Crippen LogP contribution in [-0.2, 0) is 15.7 Å². The summed E-state index contributed by atoms with van der Waals surface area (Å²) in [4.78, 5) is 18.5. The first-order valence-electron chi connectivity index (χ1n) is 10.4. The molecule has 1 amide bonds. The highest BCUT2D eigenvalue weighted by atomic mass is 127. The Morgan fingerprint density at radius 3 is 2.31 bits per heavy atom. The zero-order valence-corrected chi connectivity index (χ0v) is 20.7. The molecule has 1 aromatic carbocycles. The number of likely N-dealkylation sites (tertiary alicyclic amines) is 1. The predicted molar refractivity (Wildman–Crippen MR) is 128 cm³/mol. The van der Waals surface area contributed by atoms with Crippen molar-refractivity contribution in [2.24, 2.45) is 4.99 Å². The highest BCUT2D eigenvalue weighted by Crippen LogP contribution is 2.29. The number of alkyl halides is 3. The monoisotopic (exact) mass is 572 g/mol. The van der Waals surface area contributed by atoms with Crippen molar-refractivity contribution in [1.82, 2.24) is 15.5 Å². The number of amides is 1. The molecule has 11 heteroatoms. The maximum atomic E-state index is 12.6. The van der Waals surface area contributed by atoms with Crippen LogP contribution >= 0.6 is 24.0 Å². The molecule has 1 fully saturated rings. The topological polar surface area (TPSA) is 75.2 Å². The number of methoxy groups -OCH3 is 1. The first-order valence-corrected chi connectivity index (χ1v) is 10.4. The van der Waals surface area contributed by atoms with Crippen LogP contribution in [0.1, 0.15) is 35.2 Å². The number of aliphatic imine (C=N–C) groups is 1. The van der Waals surface area contributed by atoms with Gasteiger partial charge in [-0.1, -0.05) is 0 Å². The van der Waals surface area contributed by atoms with Crippen molar-refractivity contribution in [2.75, 3.05) is 53.6 Å². The Bertz CT molecular complexity index is 709. The molecule has 0 bridgehead atoms. The molecule has 1 aliphatic rings. The molecule has 0 saturated carbocycles. The van der Waals surface area contributed by atoms with E-state index < -0.39 is 17.6 Å². The second kappa shape index (κ2) is 14.5. The molecule has 32 heavy (non-hydrogen) atoms. The molecule has 0 atom stereocenters. The van der Waals surface area contributed by atoms with Crippen LogP contribution in [-0.4, -0.2) is 76.4 Å². The Hall–Kier alpha value is -1.60. The number of nitrogens with zero attached hydrogens (tertiary/aromatic N) is 2. The van der Waals surface area contributed by atoms with Crippen LogP contribution in [0.15, 0.2) is 29.3 Å². The number of benzene rings is 1. The quantitative estimate of drug-likeness (QED) is 0.206. The maximum absolute atomic E-state index is 12.6. The first kappa shape index (κ1) is 28.4. The Labute approximate surface area is 204 Å². The van der Waals surface area contributed by atoms with Gasteiger partial charge in [0.15, 0.2) is 5.96 Å². The normalized spacial score (nSPS) is 15.3. The number of rotatable bonds is 9. The van der Waals surface area contributed by atoms with E-state index in [1.165, 1.54) is 12.1 Å². The average Bonchev–Trinajstić information content (AvgIpc) is 2.77. The summed E-state index contributed by atoms with van der Waals surface area (Å²) in [5, 5.41) is 5.90. The minimum atomic E-state index is -4.42. The second-order valence-electron chi connectivity index (χ2n) is 7.21. The van der Waals surface area contributed by atoms with Crippen molar-refractivity contribution in [2.45, 2.75) is 31.5 Å². The van der Waals surface area contributed by atoms with Gasteiger partial charge in [0.25, 0.3) is 5.91 Å². The molecule has 0 aliphatic carbocycles. The van der Waals surface area contributed by atoms with Crippen LogP contribution in [0.5, 0.6) is 0 Å². The number of guanidine groups is 1. The third kappa shape index (κ3) is 9.49. The van der Waals surface area contributed by atoms with Gasteiger partial charge in [-0.05, 0) is 43.5 Å². The van der Waals surface area contributed by atoms with Crippen molar-refractivity contribution < 1.29 is 27.4 Å². The van der Waals surface area contributed by atoms with Gasteiger partial charge in [0.1, 0.15) is 0 Å². The summed E-state index contributed by atoms with van der Waals surface area (Å²) in [6.07, 6.45) is -1.46. The van der Waals surface area contributed by atoms with Gasteiger partial charge in [-0.25, -0.2) is 0 Å². The number of halogens is 4. The summed E-state index contributed by atoms with van der Waals surface area (Å²) < 4.78 is 48.7. The fourth-order valence-corrected chi connectivity index (χ4v) is 3.28. The molecule has 182 valence electrons. The number of nitrogens with one attached hydrogen (secondary N) is 2. The Morgan fingerprint density at radius 2 is 1.75 bits per heavy atom. The minimum absolute atomic E-state index is 0. The third-order valence-electron chi connectivity index (χ3n) is 4.97. The molecule has 0 aromatic heterocycles. The van der Waals surface area contributed by atoms with Crippen LogP contribution in [0.3, 0.4) is 0 Å². The van der Waals surface area contributed by atoms with E-state index >= 15 is 0 Å². The number of carbonyl (C=O) groups excluding carboxylic acids is 1. The average molecular weight is 572 g/mol. The molecule has 2 rings (SSSR count).